The predicted molar refractivity (Wildman–Crippen MR) is 159 cm³/mol. The number of aromatic hydroxyl groups is 1. The average molecular weight is 526 g/mol. The molecule has 40 heavy (non-hydrogen) atoms. The first-order chi connectivity index (χ1) is 19.6. The first-order valence-electron chi connectivity index (χ1n) is 13.9. The first kappa shape index (κ1) is 24.5. The molecule has 0 unspecified atom stereocenters. The molecule has 7 rings (SSSR count). The highest BCUT2D eigenvalue weighted by Gasteiger charge is 2.21. The molecule has 0 amide bonds. The second-order valence-electron chi connectivity index (χ2n) is 10.8. The standard InChI is InChI=1S/C34H31N5O/c1-23-18-32-35-21-29-20-31(26-6-3-2-4-7-26)33(36-34(29)39(32)37-23)27-12-10-24(11-13-27)22-38-16-14-25(15-17-38)28-8-5-9-30(40)19-28/h2-13,18-21,25,40H,14-17,22H2,1H3. The number of pyridine rings is 1. The maximum atomic E-state index is 9.85. The Labute approximate surface area is 233 Å². The zero-order chi connectivity index (χ0) is 27.1. The van der Waals surface area contributed by atoms with Crippen molar-refractivity contribution in [2.24, 2.45) is 0 Å². The molecule has 198 valence electrons. The van der Waals surface area contributed by atoms with E-state index in [1.165, 1.54) is 11.1 Å². The van der Waals surface area contributed by atoms with Crippen molar-refractivity contribution in [1.82, 2.24) is 24.5 Å². The highest BCUT2D eigenvalue weighted by molar-refractivity contribution is 5.90. The summed E-state index contributed by atoms with van der Waals surface area (Å²) in [6.07, 6.45) is 4.11. The molecular formula is C34H31N5O. The summed E-state index contributed by atoms with van der Waals surface area (Å²) in [4.78, 5) is 12.3. The van der Waals surface area contributed by atoms with Crippen LogP contribution in [0, 0.1) is 6.92 Å². The number of benzene rings is 3. The summed E-state index contributed by atoms with van der Waals surface area (Å²) in [5.74, 6) is 0.874. The summed E-state index contributed by atoms with van der Waals surface area (Å²) in [5.41, 5.74) is 9.33. The largest absolute Gasteiger partial charge is 0.508 e. The molecule has 3 aromatic carbocycles. The van der Waals surface area contributed by atoms with Crippen molar-refractivity contribution in [3.8, 4) is 28.1 Å². The number of aryl methyl sites for hydroxylation is 1. The lowest BCUT2D eigenvalue weighted by Crippen LogP contribution is -2.32. The molecule has 0 saturated carbocycles. The van der Waals surface area contributed by atoms with E-state index in [0.29, 0.717) is 11.7 Å². The monoisotopic (exact) mass is 525 g/mol. The number of phenolic OH excluding ortho intramolecular Hbond substituents is 1. The molecule has 0 atom stereocenters. The molecular weight excluding hydrogens is 494 g/mol. The fourth-order valence-electron chi connectivity index (χ4n) is 5.94. The molecule has 3 aromatic heterocycles. The quantitative estimate of drug-likeness (QED) is 0.262. The molecule has 1 N–H and O–H groups in total. The van der Waals surface area contributed by atoms with E-state index in [2.05, 4.69) is 75.6 Å². The van der Waals surface area contributed by atoms with Crippen molar-refractivity contribution >= 4 is 16.7 Å². The van der Waals surface area contributed by atoms with E-state index < -0.39 is 0 Å². The zero-order valence-corrected chi connectivity index (χ0v) is 22.5. The van der Waals surface area contributed by atoms with Crippen LogP contribution in [-0.2, 0) is 6.54 Å². The summed E-state index contributed by atoms with van der Waals surface area (Å²) in [6, 6.07) is 31.2. The van der Waals surface area contributed by atoms with Crippen LogP contribution in [0.5, 0.6) is 5.75 Å². The number of aromatic nitrogens is 4. The molecule has 0 spiro atoms. The Morgan fingerprint density at radius 2 is 1.65 bits per heavy atom. The third-order valence-electron chi connectivity index (χ3n) is 8.03. The van der Waals surface area contributed by atoms with Crippen LogP contribution in [0.3, 0.4) is 0 Å². The lowest BCUT2D eigenvalue weighted by Gasteiger charge is -2.32. The maximum absolute atomic E-state index is 9.85. The van der Waals surface area contributed by atoms with Gasteiger partial charge in [-0.25, -0.2) is 9.97 Å². The molecule has 6 heteroatoms. The molecule has 1 aliphatic rings. The molecule has 0 radical (unpaired) electrons. The molecule has 1 aliphatic heterocycles. The van der Waals surface area contributed by atoms with Gasteiger partial charge < -0.3 is 5.11 Å². The minimum absolute atomic E-state index is 0.358. The Balaban J connectivity index is 1.17. The summed E-state index contributed by atoms with van der Waals surface area (Å²) >= 11 is 0. The van der Waals surface area contributed by atoms with Gasteiger partial charge in [-0.1, -0.05) is 66.7 Å². The topological polar surface area (TPSA) is 66.5 Å². The molecule has 6 aromatic rings. The maximum Gasteiger partial charge on any atom is 0.165 e. The lowest BCUT2D eigenvalue weighted by atomic mass is 9.89. The predicted octanol–water partition coefficient (Wildman–Crippen LogP) is 7.01. The van der Waals surface area contributed by atoms with E-state index in [-0.39, 0.29) is 0 Å². The van der Waals surface area contributed by atoms with Gasteiger partial charge in [0.15, 0.2) is 11.3 Å². The molecule has 1 fully saturated rings. The van der Waals surface area contributed by atoms with Gasteiger partial charge in [0.1, 0.15) is 5.75 Å². The van der Waals surface area contributed by atoms with Gasteiger partial charge in [0.25, 0.3) is 0 Å². The minimum atomic E-state index is 0.358. The number of nitrogens with zero attached hydrogens (tertiary/aromatic N) is 5. The molecule has 0 bridgehead atoms. The Morgan fingerprint density at radius 1 is 0.850 bits per heavy atom. The number of hydrogen-bond acceptors (Lipinski definition) is 5. The van der Waals surface area contributed by atoms with Crippen molar-refractivity contribution in [2.75, 3.05) is 13.1 Å². The second-order valence-corrected chi connectivity index (χ2v) is 10.8. The van der Waals surface area contributed by atoms with E-state index >= 15 is 0 Å². The van der Waals surface area contributed by atoms with Gasteiger partial charge in [-0.2, -0.15) is 9.61 Å². The van der Waals surface area contributed by atoms with Crippen LogP contribution in [0.2, 0.25) is 0 Å². The number of fused-ring (bicyclic) bond motifs is 3. The van der Waals surface area contributed by atoms with Crippen LogP contribution in [0.1, 0.15) is 35.6 Å². The van der Waals surface area contributed by atoms with E-state index in [9.17, 15) is 5.11 Å². The number of hydrogen-bond donors (Lipinski definition) is 1. The van der Waals surface area contributed by atoms with Gasteiger partial charge in [0.05, 0.1) is 11.4 Å². The summed E-state index contributed by atoms with van der Waals surface area (Å²) in [7, 11) is 0. The number of rotatable bonds is 5. The Hall–Kier alpha value is -4.55. The average Bonchev–Trinajstić information content (AvgIpc) is 3.38. The van der Waals surface area contributed by atoms with Crippen molar-refractivity contribution in [1.29, 1.82) is 0 Å². The normalized spacial score (nSPS) is 14.7. The Bertz CT molecular complexity index is 1800. The second kappa shape index (κ2) is 10.2. The molecule has 4 heterocycles. The van der Waals surface area contributed by atoms with Crippen LogP contribution in [-0.4, -0.2) is 42.7 Å². The first-order valence-corrected chi connectivity index (χ1v) is 13.9. The molecule has 0 aliphatic carbocycles. The van der Waals surface area contributed by atoms with Gasteiger partial charge in [0.2, 0.25) is 0 Å². The highest BCUT2D eigenvalue weighted by atomic mass is 16.3. The van der Waals surface area contributed by atoms with E-state index in [1.807, 2.05) is 41.9 Å². The van der Waals surface area contributed by atoms with Crippen molar-refractivity contribution in [2.45, 2.75) is 32.2 Å². The Morgan fingerprint density at radius 3 is 2.42 bits per heavy atom. The zero-order valence-electron chi connectivity index (χ0n) is 22.5. The fraction of sp³-hybridized carbons (Fsp3) is 0.206. The number of piperidine rings is 1. The van der Waals surface area contributed by atoms with Crippen LogP contribution in [0.15, 0.2) is 97.2 Å². The third-order valence-corrected chi connectivity index (χ3v) is 8.03. The summed E-state index contributed by atoms with van der Waals surface area (Å²) in [6.45, 7) is 5.02. The van der Waals surface area contributed by atoms with E-state index in [0.717, 1.165) is 77.2 Å². The Kier molecular flexibility index (Phi) is 6.25. The van der Waals surface area contributed by atoms with Crippen LogP contribution in [0.25, 0.3) is 39.1 Å². The number of likely N-dealkylation sites (tertiary alicyclic amines) is 1. The van der Waals surface area contributed by atoms with Gasteiger partial charge in [-0.05, 0) is 73.7 Å². The highest BCUT2D eigenvalue weighted by Crippen LogP contribution is 2.34. The third kappa shape index (κ3) is 4.71. The summed E-state index contributed by atoms with van der Waals surface area (Å²) in [5, 5.41) is 15.5. The summed E-state index contributed by atoms with van der Waals surface area (Å²) < 4.78 is 1.84. The van der Waals surface area contributed by atoms with Crippen LogP contribution < -0.4 is 0 Å². The van der Waals surface area contributed by atoms with E-state index in [4.69, 9.17) is 4.98 Å². The van der Waals surface area contributed by atoms with Gasteiger partial charge in [-0.3, -0.25) is 4.90 Å². The number of phenols is 1. The SMILES string of the molecule is Cc1cc2ncc3cc(-c4ccccc4)c(-c4ccc(CN5CCC(c6cccc(O)c6)CC5)cc4)nc3n2n1. The van der Waals surface area contributed by atoms with Crippen molar-refractivity contribution < 1.29 is 5.11 Å². The lowest BCUT2D eigenvalue weighted by molar-refractivity contribution is 0.204. The smallest absolute Gasteiger partial charge is 0.165 e. The van der Waals surface area contributed by atoms with Gasteiger partial charge >= 0.3 is 0 Å². The van der Waals surface area contributed by atoms with Gasteiger partial charge in [0, 0.05) is 35.3 Å². The van der Waals surface area contributed by atoms with Crippen LogP contribution in [0.4, 0.5) is 0 Å². The molecule has 1 saturated heterocycles. The van der Waals surface area contributed by atoms with Gasteiger partial charge in [-0.15, -0.1) is 0 Å². The van der Waals surface area contributed by atoms with E-state index in [1.54, 1.807) is 6.07 Å². The van der Waals surface area contributed by atoms with Crippen molar-refractivity contribution in [3.05, 3.63) is 114 Å². The fourth-order valence-corrected chi connectivity index (χ4v) is 5.94. The van der Waals surface area contributed by atoms with Crippen molar-refractivity contribution in [3.63, 3.8) is 0 Å². The minimum Gasteiger partial charge on any atom is -0.508 e. The van der Waals surface area contributed by atoms with Crippen LogP contribution >= 0.6 is 0 Å². The molecule has 6 nitrogen and oxygen atoms in total.